The first-order valence-electron chi connectivity index (χ1n) is 16.4. The van der Waals surface area contributed by atoms with Crippen LogP contribution < -0.4 is 18.9 Å². The zero-order valence-corrected chi connectivity index (χ0v) is 28.5. The number of halogens is 2. The van der Waals surface area contributed by atoms with Crippen molar-refractivity contribution in [3.05, 3.63) is 169 Å². The van der Waals surface area contributed by atoms with E-state index in [0.717, 1.165) is 5.39 Å². The van der Waals surface area contributed by atoms with Gasteiger partial charge in [0, 0.05) is 12.1 Å². The summed E-state index contributed by atoms with van der Waals surface area (Å²) in [6, 6.07) is 31.1. The van der Waals surface area contributed by atoms with E-state index in [4.69, 9.17) is 18.9 Å². The van der Waals surface area contributed by atoms with E-state index in [2.05, 4.69) is 33.6 Å². The second kappa shape index (κ2) is 17.2. The summed E-state index contributed by atoms with van der Waals surface area (Å²) in [5, 5.41) is 17.8. The second-order valence-electron chi connectivity index (χ2n) is 11.4. The molecule has 0 aliphatic rings. The third-order valence-electron chi connectivity index (χ3n) is 7.52. The first-order chi connectivity index (χ1) is 26.3. The molecule has 0 radical (unpaired) electrons. The van der Waals surface area contributed by atoms with E-state index in [0.29, 0.717) is 28.1 Å². The molecule has 6 rings (SSSR count). The Kier molecular flexibility index (Phi) is 11.6. The molecule has 0 atom stereocenters. The standard InChI is InChI=1S/C42H30F2N4O6/c1-3-21-51-39-19-15-33(25-37(39)43)47-45-31-11-5-28(6-12-31)41(49)53-35-17-9-27-10-18-36(24-30(27)23-35)54-42(50)29-7-13-32(14-8-29)46-48-34-16-20-40(38(44)26-34)52-22-4-2/h3-20,23-26H,1-2,21-22H2. The van der Waals surface area contributed by atoms with Crippen LogP contribution in [-0.2, 0) is 0 Å². The predicted octanol–water partition coefficient (Wildman–Crippen LogP) is 11.5. The number of rotatable bonds is 14. The van der Waals surface area contributed by atoms with Crippen molar-refractivity contribution in [1.29, 1.82) is 0 Å². The number of azo groups is 2. The summed E-state index contributed by atoms with van der Waals surface area (Å²) in [7, 11) is 0. The zero-order chi connectivity index (χ0) is 37.9. The van der Waals surface area contributed by atoms with Crippen molar-refractivity contribution >= 4 is 45.5 Å². The molecule has 6 aromatic carbocycles. The summed E-state index contributed by atoms with van der Waals surface area (Å²) in [5.74, 6) is -1.60. The normalized spacial score (nSPS) is 11.1. The Morgan fingerprint density at radius 1 is 0.500 bits per heavy atom. The smallest absolute Gasteiger partial charge is 0.343 e. The van der Waals surface area contributed by atoms with Crippen molar-refractivity contribution in [3.63, 3.8) is 0 Å². The minimum absolute atomic E-state index is 0.0858. The average molecular weight is 725 g/mol. The summed E-state index contributed by atoms with van der Waals surface area (Å²) in [4.78, 5) is 25.8. The maximum absolute atomic E-state index is 14.2. The lowest BCUT2D eigenvalue weighted by Crippen LogP contribution is -2.08. The summed E-state index contributed by atoms with van der Waals surface area (Å²) >= 11 is 0. The molecule has 0 fully saturated rings. The van der Waals surface area contributed by atoms with Gasteiger partial charge in [-0.05, 0) is 108 Å². The van der Waals surface area contributed by atoms with E-state index in [1.807, 2.05) is 0 Å². The fourth-order valence-electron chi connectivity index (χ4n) is 4.86. The number of hydrogen-bond donors (Lipinski definition) is 0. The summed E-state index contributed by atoms with van der Waals surface area (Å²) in [6.07, 6.45) is 3.03. The average Bonchev–Trinajstić information content (AvgIpc) is 3.18. The van der Waals surface area contributed by atoms with Crippen LogP contribution in [-0.4, -0.2) is 25.2 Å². The maximum atomic E-state index is 14.2. The maximum Gasteiger partial charge on any atom is 0.343 e. The van der Waals surface area contributed by atoms with E-state index in [1.165, 1.54) is 36.4 Å². The summed E-state index contributed by atoms with van der Waals surface area (Å²) in [5.41, 5.74) is 2.02. The molecule has 0 bridgehead atoms. The fourth-order valence-corrected chi connectivity index (χ4v) is 4.86. The van der Waals surface area contributed by atoms with Crippen molar-refractivity contribution < 1.29 is 37.3 Å². The molecule has 0 saturated carbocycles. The molecule has 0 amide bonds. The van der Waals surface area contributed by atoms with Crippen LogP contribution in [0.2, 0.25) is 0 Å². The molecule has 0 aromatic heterocycles. The molecule has 54 heavy (non-hydrogen) atoms. The number of ether oxygens (including phenoxy) is 4. The topological polar surface area (TPSA) is 121 Å². The van der Waals surface area contributed by atoms with Gasteiger partial charge >= 0.3 is 11.9 Å². The van der Waals surface area contributed by atoms with E-state index >= 15 is 0 Å². The quantitative estimate of drug-likeness (QED) is 0.0477. The Hall–Kier alpha value is -7.34. The first-order valence-corrected chi connectivity index (χ1v) is 16.4. The number of benzene rings is 6. The van der Waals surface area contributed by atoms with Gasteiger partial charge in [-0.1, -0.05) is 37.4 Å². The zero-order valence-electron chi connectivity index (χ0n) is 28.5. The number of nitrogens with zero attached hydrogens (tertiary/aromatic N) is 4. The molecule has 0 aliphatic carbocycles. The number of carbonyl (C=O) groups excluding carboxylic acids is 2. The van der Waals surface area contributed by atoms with Gasteiger partial charge in [0.05, 0.1) is 33.9 Å². The van der Waals surface area contributed by atoms with Gasteiger partial charge in [-0.2, -0.15) is 20.5 Å². The summed E-state index contributed by atoms with van der Waals surface area (Å²) in [6.45, 7) is 7.43. The predicted molar refractivity (Wildman–Crippen MR) is 199 cm³/mol. The Balaban J connectivity index is 1.05. The van der Waals surface area contributed by atoms with Crippen LogP contribution in [0.25, 0.3) is 10.8 Å². The number of carbonyl (C=O) groups is 2. The minimum Gasteiger partial charge on any atom is -0.486 e. The monoisotopic (exact) mass is 724 g/mol. The largest absolute Gasteiger partial charge is 0.486 e. The van der Waals surface area contributed by atoms with Crippen LogP contribution in [0.3, 0.4) is 0 Å². The molecule has 0 unspecified atom stereocenters. The molecule has 12 heteroatoms. The van der Waals surface area contributed by atoms with Gasteiger partial charge in [0.2, 0.25) is 0 Å². The number of esters is 2. The van der Waals surface area contributed by atoms with E-state index in [9.17, 15) is 18.4 Å². The Labute approximate surface area is 308 Å². The van der Waals surface area contributed by atoms with Gasteiger partial charge in [0.1, 0.15) is 24.7 Å². The van der Waals surface area contributed by atoms with Gasteiger partial charge in [-0.15, -0.1) is 0 Å². The van der Waals surface area contributed by atoms with Crippen LogP contribution in [0.5, 0.6) is 23.0 Å². The van der Waals surface area contributed by atoms with Crippen LogP contribution in [0, 0.1) is 11.6 Å². The molecular formula is C42H30F2N4O6. The number of fused-ring (bicyclic) bond motifs is 1. The molecule has 0 heterocycles. The molecule has 6 aromatic rings. The van der Waals surface area contributed by atoms with Gasteiger partial charge < -0.3 is 18.9 Å². The third kappa shape index (κ3) is 9.50. The fraction of sp³-hybridized carbons (Fsp3) is 0.0476. The SMILES string of the molecule is C=CCOc1ccc(N=Nc2ccc(C(=O)Oc3ccc4ccc(OC(=O)c5ccc(N=Nc6ccc(OCC=C)c(F)c6)cc5)cc4c3)cc2)cc1F. The minimum atomic E-state index is -0.598. The van der Waals surface area contributed by atoms with Crippen LogP contribution >= 0.6 is 0 Å². The number of hydrogen-bond acceptors (Lipinski definition) is 10. The van der Waals surface area contributed by atoms with Crippen molar-refractivity contribution in [2.45, 2.75) is 0 Å². The second-order valence-corrected chi connectivity index (χ2v) is 11.4. The highest BCUT2D eigenvalue weighted by atomic mass is 19.1. The van der Waals surface area contributed by atoms with E-state index in [1.54, 1.807) is 97.1 Å². The van der Waals surface area contributed by atoms with E-state index < -0.39 is 23.6 Å². The molecule has 0 saturated heterocycles. The molecule has 0 N–H and O–H groups in total. The lowest BCUT2D eigenvalue weighted by molar-refractivity contribution is 0.0726. The first kappa shape index (κ1) is 36.5. The van der Waals surface area contributed by atoms with Crippen LogP contribution in [0.4, 0.5) is 31.5 Å². The van der Waals surface area contributed by atoms with Gasteiger partial charge in [0.25, 0.3) is 0 Å². The Morgan fingerprint density at radius 3 is 1.28 bits per heavy atom. The highest BCUT2D eigenvalue weighted by Gasteiger charge is 2.13. The highest BCUT2D eigenvalue weighted by molar-refractivity contribution is 5.94. The third-order valence-corrected chi connectivity index (χ3v) is 7.52. The lowest BCUT2D eigenvalue weighted by Gasteiger charge is -2.08. The molecule has 0 spiro atoms. The van der Waals surface area contributed by atoms with Crippen molar-refractivity contribution in [1.82, 2.24) is 0 Å². The van der Waals surface area contributed by atoms with Crippen LogP contribution in [0.1, 0.15) is 20.7 Å². The Morgan fingerprint density at radius 2 is 0.889 bits per heavy atom. The Bertz CT molecular complexity index is 2230. The van der Waals surface area contributed by atoms with Gasteiger partial charge in [-0.25, -0.2) is 18.4 Å². The lowest BCUT2D eigenvalue weighted by atomic mass is 10.1. The van der Waals surface area contributed by atoms with Crippen LogP contribution in [0.15, 0.2) is 167 Å². The van der Waals surface area contributed by atoms with Crippen molar-refractivity contribution in [3.8, 4) is 23.0 Å². The highest BCUT2D eigenvalue weighted by Crippen LogP contribution is 2.29. The van der Waals surface area contributed by atoms with Crippen molar-refractivity contribution in [2.75, 3.05) is 13.2 Å². The van der Waals surface area contributed by atoms with E-state index in [-0.39, 0.29) is 47.3 Å². The molecule has 268 valence electrons. The van der Waals surface area contributed by atoms with Gasteiger partial charge in [-0.3, -0.25) is 0 Å². The van der Waals surface area contributed by atoms with Crippen molar-refractivity contribution in [2.24, 2.45) is 20.5 Å². The molecular weight excluding hydrogens is 694 g/mol. The molecule has 0 aliphatic heterocycles. The summed E-state index contributed by atoms with van der Waals surface area (Å²) < 4.78 is 50.0. The van der Waals surface area contributed by atoms with Gasteiger partial charge in [0.15, 0.2) is 23.1 Å². The molecule has 10 nitrogen and oxygen atoms in total.